The van der Waals surface area contributed by atoms with Crippen LogP contribution in [0.4, 0.5) is 16.2 Å². The normalized spacial score (nSPS) is 15.7. The molecular formula is C24H28FN7S2. The van der Waals surface area contributed by atoms with Crippen molar-refractivity contribution < 1.29 is 4.39 Å². The Morgan fingerprint density at radius 1 is 1.18 bits per heavy atom. The molecule has 0 unspecified atom stereocenters. The van der Waals surface area contributed by atoms with Crippen LogP contribution in [-0.2, 0) is 6.42 Å². The van der Waals surface area contributed by atoms with Gasteiger partial charge >= 0.3 is 0 Å². The minimum absolute atomic E-state index is 0.218. The van der Waals surface area contributed by atoms with Gasteiger partial charge in [-0.1, -0.05) is 12.1 Å². The van der Waals surface area contributed by atoms with Crippen LogP contribution in [0.1, 0.15) is 38.2 Å². The van der Waals surface area contributed by atoms with Gasteiger partial charge in [-0.25, -0.2) is 19.3 Å². The number of benzene rings is 1. The van der Waals surface area contributed by atoms with Crippen LogP contribution in [0.5, 0.6) is 0 Å². The van der Waals surface area contributed by atoms with Crippen LogP contribution in [0.25, 0.3) is 0 Å². The fraction of sp³-hybridized carbons (Fsp3) is 0.375. The highest BCUT2D eigenvalue weighted by Crippen LogP contribution is 2.29. The van der Waals surface area contributed by atoms with E-state index in [4.69, 9.17) is 17.2 Å². The molecule has 4 rings (SSSR count). The summed E-state index contributed by atoms with van der Waals surface area (Å²) in [5, 5.41) is 8.21. The molecule has 0 aliphatic carbocycles. The lowest BCUT2D eigenvalue weighted by molar-refractivity contribution is 0.480. The second kappa shape index (κ2) is 12.0. The number of rotatable bonds is 8. The Hall–Kier alpha value is -2.85. The molecule has 1 atom stereocenters. The molecule has 2 aromatic heterocycles. The summed E-state index contributed by atoms with van der Waals surface area (Å²) in [6.07, 6.45) is 8.67. The Morgan fingerprint density at radius 3 is 2.74 bits per heavy atom. The molecule has 3 heterocycles. The number of piperidine rings is 1. The number of nitrogens with one attached hydrogen (secondary N) is 2. The summed E-state index contributed by atoms with van der Waals surface area (Å²) >= 11 is 6.88. The molecular weight excluding hydrogens is 469 g/mol. The third-order valence-corrected chi connectivity index (χ3v) is 6.65. The molecule has 1 fully saturated rings. The largest absolute Gasteiger partial charge is 0.362 e. The van der Waals surface area contributed by atoms with Gasteiger partial charge in [0.1, 0.15) is 16.7 Å². The quantitative estimate of drug-likeness (QED) is 0.196. The van der Waals surface area contributed by atoms with Crippen LogP contribution >= 0.6 is 24.0 Å². The zero-order valence-electron chi connectivity index (χ0n) is 19.1. The van der Waals surface area contributed by atoms with Gasteiger partial charge in [-0.05, 0) is 86.8 Å². The summed E-state index contributed by atoms with van der Waals surface area (Å²) in [5.41, 5.74) is 1.10. The molecule has 10 heteroatoms. The van der Waals surface area contributed by atoms with E-state index in [1.54, 1.807) is 18.5 Å². The van der Waals surface area contributed by atoms with Crippen molar-refractivity contribution in [3.05, 3.63) is 60.2 Å². The molecule has 0 bridgehead atoms. The Labute approximate surface area is 209 Å². The summed E-state index contributed by atoms with van der Waals surface area (Å²) in [6, 6.07) is 10.8. The van der Waals surface area contributed by atoms with Crippen LogP contribution in [0.2, 0.25) is 0 Å². The van der Waals surface area contributed by atoms with E-state index < -0.39 is 0 Å². The summed E-state index contributed by atoms with van der Waals surface area (Å²) in [5.74, 6) is 1.11. The fourth-order valence-electron chi connectivity index (χ4n) is 3.83. The van der Waals surface area contributed by atoms with Crippen LogP contribution in [0.15, 0.2) is 59.0 Å². The molecule has 0 saturated carbocycles. The van der Waals surface area contributed by atoms with E-state index in [1.165, 1.54) is 30.3 Å². The summed E-state index contributed by atoms with van der Waals surface area (Å²) in [4.78, 5) is 20.3. The summed E-state index contributed by atoms with van der Waals surface area (Å²) in [6.45, 7) is 3.88. The first-order valence-electron chi connectivity index (χ1n) is 11.5. The van der Waals surface area contributed by atoms with Gasteiger partial charge in [0.25, 0.3) is 0 Å². The molecule has 3 aromatic rings. The van der Waals surface area contributed by atoms with E-state index in [0.717, 1.165) is 48.6 Å². The van der Waals surface area contributed by atoms with Gasteiger partial charge in [-0.15, -0.1) is 0 Å². The zero-order valence-corrected chi connectivity index (χ0v) is 20.7. The number of anilines is 2. The van der Waals surface area contributed by atoms with Crippen molar-refractivity contribution >= 4 is 40.9 Å². The van der Waals surface area contributed by atoms with Gasteiger partial charge in [0.15, 0.2) is 10.3 Å². The van der Waals surface area contributed by atoms with E-state index >= 15 is 0 Å². The molecule has 0 amide bonds. The van der Waals surface area contributed by atoms with E-state index in [0.29, 0.717) is 28.8 Å². The molecule has 34 heavy (non-hydrogen) atoms. The Morgan fingerprint density at radius 2 is 1.97 bits per heavy atom. The second-order valence-electron chi connectivity index (χ2n) is 8.17. The lowest BCUT2D eigenvalue weighted by atomic mass is 10.0. The first-order valence-corrected chi connectivity index (χ1v) is 12.7. The van der Waals surface area contributed by atoms with E-state index in [1.807, 2.05) is 18.2 Å². The highest BCUT2D eigenvalue weighted by molar-refractivity contribution is 7.99. The molecule has 1 aliphatic rings. The van der Waals surface area contributed by atoms with Gasteiger partial charge in [0.2, 0.25) is 5.95 Å². The van der Waals surface area contributed by atoms with Gasteiger partial charge in [0.05, 0.1) is 0 Å². The highest BCUT2D eigenvalue weighted by atomic mass is 32.2. The molecule has 2 N–H and O–H groups in total. The SMILES string of the molecule is C[C@@H]1CCCCN1c1cc(Sc2ncccn2)nc(NC(=S)NCCCc2ccc(F)cc2)n1. The second-order valence-corrected chi connectivity index (χ2v) is 9.57. The average molecular weight is 498 g/mol. The van der Waals surface area contributed by atoms with Crippen LogP contribution < -0.4 is 15.5 Å². The Bertz CT molecular complexity index is 1080. The van der Waals surface area contributed by atoms with Crippen molar-refractivity contribution in [3.63, 3.8) is 0 Å². The van der Waals surface area contributed by atoms with Gasteiger partial charge in [-0.3, -0.25) is 0 Å². The number of halogens is 1. The monoisotopic (exact) mass is 497 g/mol. The third kappa shape index (κ3) is 7.07. The molecule has 1 saturated heterocycles. The highest BCUT2D eigenvalue weighted by Gasteiger charge is 2.21. The van der Waals surface area contributed by atoms with Crippen LogP contribution in [0.3, 0.4) is 0 Å². The van der Waals surface area contributed by atoms with Crippen LogP contribution in [0, 0.1) is 5.82 Å². The molecule has 1 aromatic carbocycles. The van der Waals surface area contributed by atoms with Crippen molar-refractivity contribution in [2.75, 3.05) is 23.3 Å². The number of nitrogens with zero attached hydrogens (tertiary/aromatic N) is 5. The van der Waals surface area contributed by atoms with E-state index in [9.17, 15) is 4.39 Å². The molecule has 1 aliphatic heterocycles. The lowest BCUT2D eigenvalue weighted by Gasteiger charge is -2.34. The van der Waals surface area contributed by atoms with Crippen molar-refractivity contribution in [2.45, 2.75) is 55.3 Å². The minimum Gasteiger partial charge on any atom is -0.362 e. The summed E-state index contributed by atoms with van der Waals surface area (Å²) < 4.78 is 13.0. The van der Waals surface area contributed by atoms with Crippen molar-refractivity contribution in [3.8, 4) is 0 Å². The third-order valence-electron chi connectivity index (χ3n) is 5.59. The maximum absolute atomic E-state index is 13.0. The number of aromatic nitrogens is 4. The smallest absolute Gasteiger partial charge is 0.232 e. The number of hydrogen-bond acceptors (Lipinski definition) is 7. The van der Waals surface area contributed by atoms with Gasteiger partial charge in [-0.2, -0.15) is 4.98 Å². The predicted molar refractivity (Wildman–Crippen MR) is 138 cm³/mol. The van der Waals surface area contributed by atoms with E-state index in [2.05, 4.69) is 37.4 Å². The molecule has 178 valence electrons. The Balaban J connectivity index is 1.40. The predicted octanol–water partition coefficient (Wildman–Crippen LogP) is 4.85. The maximum Gasteiger partial charge on any atom is 0.232 e. The van der Waals surface area contributed by atoms with Gasteiger partial charge in [0, 0.05) is 37.6 Å². The molecule has 7 nitrogen and oxygen atoms in total. The minimum atomic E-state index is -0.218. The first-order chi connectivity index (χ1) is 16.6. The van der Waals surface area contributed by atoms with Crippen molar-refractivity contribution in [1.29, 1.82) is 0 Å². The number of hydrogen-bond donors (Lipinski definition) is 2. The van der Waals surface area contributed by atoms with Gasteiger partial charge < -0.3 is 15.5 Å². The average Bonchev–Trinajstić information content (AvgIpc) is 2.84. The summed E-state index contributed by atoms with van der Waals surface area (Å²) in [7, 11) is 0. The molecule has 0 spiro atoms. The fourth-order valence-corrected chi connectivity index (χ4v) is 4.73. The lowest BCUT2D eigenvalue weighted by Crippen LogP contribution is -2.38. The van der Waals surface area contributed by atoms with Crippen molar-refractivity contribution in [1.82, 2.24) is 25.3 Å². The number of aryl methyl sites for hydroxylation is 1. The number of thiocarbonyl (C=S) groups is 1. The van der Waals surface area contributed by atoms with Crippen molar-refractivity contribution in [2.24, 2.45) is 0 Å². The van der Waals surface area contributed by atoms with Crippen LogP contribution in [-0.4, -0.2) is 44.2 Å². The zero-order chi connectivity index (χ0) is 23.8. The first kappa shape index (κ1) is 24.3. The van der Waals surface area contributed by atoms with E-state index in [-0.39, 0.29) is 5.82 Å². The maximum atomic E-state index is 13.0. The molecule has 0 radical (unpaired) electrons. The topological polar surface area (TPSA) is 78.9 Å². The Kier molecular flexibility index (Phi) is 8.59. The standard InChI is InChI=1S/C24H28FN7S2/c1-17-6-2-3-15-32(17)20-16-21(34-24-27-13-5-14-28-24)30-22(29-20)31-23(33)26-12-4-7-18-8-10-19(25)11-9-18/h5,8-11,13-14,16-17H,2-4,6-7,12,15H2,1H3,(H2,26,29,30,31,33)/t17-/m1/s1.